The van der Waals surface area contributed by atoms with Gasteiger partial charge in [-0.15, -0.1) is 0 Å². The highest BCUT2D eigenvalue weighted by Crippen LogP contribution is 2.36. The summed E-state index contributed by atoms with van der Waals surface area (Å²) in [7, 11) is 0. The standard InChI is InChI=1S/C42H28N6/c1-2-4-33(5-3-1)42-47-40(38-24-34(29-6-14-43-15-7-29)22-35(25-38)30-8-16-44-17-9-30)28-41(48-42)39-26-36(31-10-18-45-19-11-31)23-37(27-39)32-12-20-46-21-13-32/h1-28H. The smallest absolute Gasteiger partial charge is 0.160 e. The largest absolute Gasteiger partial charge is 0.265 e. The van der Waals surface area contributed by atoms with Crippen molar-refractivity contribution in [3.05, 3.63) is 171 Å². The maximum absolute atomic E-state index is 5.18. The molecule has 6 nitrogen and oxygen atoms in total. The molecule has 0 saturated heterocycles. The molecule has 0 saturated carbocycles. The van der Waals surface area contributed by atoms with Crippen LogP contribution in [-0.2, 0) is 0 Å². The van der Waals surface area contributed by atoms with Gasteiger partial charge in [0.2, 0.25) is 0 Å². The number of hydrogen-bond donors (Lipinski definition) is 0. The predicted molar refractivity (Wildman–Crippen MR) is 191 cm³/mol. The van der Waals surface area contributed by atoms with Gasteiger partial charge in [0.1, 0.15) is 0 Å². The topological polar surface area (TPSA) is 77.3 Å². The normalized spacial score (nSPS) is 10.9. The molecule has 48 heavy (non-hydrogen) atoms. The van der Waals surface area contributed by atoms with Crippen LogP contribution >= 0.6 is 0 Å². The third-order valence-electron chi connectivity index (χ3n) is 8.27. The highest BCUT2D eigenvalue weighted by molar-refractivity contribution is 5.84. The van der Waals surface area contributed by atoms with Gasteiger partial charge in [-0.05, 0) is 136 Å². The number of benzene rings is 3. The van der Waals surface area contributed by atoms with Crippen LogP contribution in [0, 0.1) is 0 Å². The summed E-state index contributed by atoms with van der Waals surface area (Å²) in [5.74, 6) is 0.655. The van der Waals surface area contributed by atoms with Gasteiger partial charge in [0, 0.05) is 66.3 Å². The van der Waals surface area contributed by atoms with E-state index in [0.29, 0.717) is 5.82 Å². The Morgan fingerprint density at radius 2 is 0.562 bits per heavy atom. The molecule has 0 aliphatic heterocycles. The lowest BCUT2D eigenvalue weighted by Crippen LogP contribution is -1.97. The van der Waals surface area contributed by atoms with Crippen molar-refractivity contribution in [1.29, 1.82) is 0 Å². The molecule has 5 aromatic heterocycles. The van der Waals surface area contributed by atoms with Crippen molar-refractivity contribution in [1.82, 2.24) is 29.9 Å². The first-order chi connectivity index (χ1) is 23.8. The molecule has 5 heterocycles. The number of nitrogens with zero attached hydrogens (tertiary/aromatic N) is 6. The van der Waals surface area contributed by atoms with Gasteiger partial charge in [-0.2, -0.15) is 0 Å². The minimum Gasteiger partial charge on any atom is -0.265 e. The summed E-state index contributed by atoms with van der Waals surface area (Å²) in [6.07, 6.45) is 14.6. The fourth-order valence-electron chi connectivity index (χ4n) is 5.85. The van der Waals surface area contributed by atoms with E-state index in [0.717, 1.165) is 72.6 Å². The molecule has 3 aromatic carbocycles. The van der Waals surface area contributed by atoms with E-state index in [1.807, 2.05) is 116 Å². The Morgan fingerprint density at radius 1 is 0.250 bits per heavy atom. The van der Waals surface area contributed by atoms with Gasteiger partial charge in [-0.1, -0.05) is 30.3 Å². The first kappa shape index (κ1) is 28.8. The number of hydrogen-bond acceptors (Lipinski definition) is 6. The second kappa shape index (κ2) is 13.0. The van der Waals surface area contributed by atoms with Crippen molar-refractivity contribution in [2.75, 3.05) is 0 Å². The molecular formula is C42H28N6. The van der Waals surface area contributed by atoms with Gasteiger partial charge in [0.15, 0.2) is 5.82 Å². The zero-order chi connectivity index (χ0) is 32.1. The summed E-state index contributed by atoms with van der Waals surface area (Å²) >= 11 is 0. The van der Waals surface area contributed by atoms with Crippen LogP contribution < -0.4 is 0 Å². The monoisotopic (exact) mass is 616 g/mol. The fraction of sp³-hybridized carbons (Fsp3) is 0. The molecule has 0 atom stereocenters. The van der Waals surface area contributed by atoms with E-state index in [1.54, 1.807) is 0 Å². The van der Waals surface area contributed by atoms with Gasteiger partial charge >= 0.3 is 0 Å². The van der Waals surface area contributed by atoms with Crippen molar-refractivity contribution >= 4 is 0 Å². The van der Waals surface area contributed by atoms with Gasteiger partial charge in [0.05, 0.1) is 11.4 Å². The molecule has 0 fully saturated rings. The average Bonchev–Trinajstić information content (AvgIpc) is 3.19. The summed E-state index contributed by atoms with van der Waals surface area (Å²) in [5, 5.41) is 0. The molecule has 0 aliphatic carbocycles. The predicted octanol–water partition coefficient (Wildman–Crippen LogP) is 9.73. The first-order valence-corrected chi connectivity index (χ1v) is 15.6. The first-order valence-electron chi connectivity index (χ1n) is 15.6. The zero-order valence-corrected chi connectivity index (χ0v) is 25.8. The highest BCUT2D eigenvalue weighted by atomic mass is 14.9. The fourth-order valence-corrected chi connectivity index (χ4v) is 5.85. The Kier molecular flexibility index (Phi) is 7.79. The van der Waals surface area contributed by atoms with Crippen LogP contribution in [0.4, 0.5) is 0 Å². The van der Waals surface area contributed by atoms with E-state index in [2.05, 4.69) is 74.5 Å². The third kappa shape index (κ3) is 6.10. The van der Waals surface area contributed by atoms with Gasteiger partial charge in [0.25, 0.3) is 0 Å². The molecule has 6 heteroatoms. The molecule has 8 aromatic rings. The highest BCUT2D eigenvalue weighted by Gasteiger charge is 2.15. The minimum absolute atomic E-state index is 0.655. The van der Waals surface area contributed by atoms with E-state index in [1.165, 1.54) is 0 Å². The van der Waals surface area contributed by atoms with Crippen LogP contribution in [0.1, 0.15) is 0 Å². The van der Waals surface area contributed by atoms with E-state index >= 15 is 0 Å². The Morgan fingerprint density at radius 3 is 0.896 bits per heavy atom. The minimum atomic E-state index is 0.655. The molecular weight excluding hydrogens is 589 g/mol. The molecule has 0 spiro atoms. The van der Waals surface area contributed by atoms with Crippen molar-refractivity contribution in [3.63, 3.8) is 0 Å². The summed E-state index contributed by atoms with van der Waals surface area (Å²) in [4.78, 5) is 27.3. The Balaban J connectivity index is 1.36. The maximum atomic E-state index is 5.18. The van der Waals surface area contributed by atoms with Crippen LogP contribution in [0.2, 0.25) is 0 Å². The molecule has 0 N–H and O–H groups in total. The van der Waals surface area contributed by atoms with Crippen LogP contribution in [0.25, 0.3) is 78.4 Å². The second-order valence-corrected chi connectivity index (χ2v) is 11.4. The summed E-state index contributed by atoms with van der Waals surface area (Å²) in [5.41, 5.74) is 13.1. The Bertz CT molecular complexity index is 2050. The number of aromatic nitrogens is 6. The van der Waals surface area contributed by atoms with E-state index < -0.39 is 0 Å². The number of rotatable bonds is 7. The lowest BCUT2D eigenvalue weighted by atomic mass is 9.94. The van der Waals surface area contributed by atoms with Gasteiger partial charge < -0.3 is 0 Å². The van der Waals surface area contributed by atoms with Crippen LogP contribution in [0.3, 0.4) is 0 Å². The quantitative estimate of drug-likeness (QED) is 0.177. The van der Waals surface area contributed by atoms with Crippen molar-refractivity contribution in [2.24, 2.45) is 0 Å². The lowest BCUT2D eigenvalue weighted by Gasteiger charge is -2.14. The average molecular weight is 617 g/mol. The van der Waals surface area contributed by atoms with E-state index in [9.17, 15) is 0 Å². The summed E-state index contributed by atoms with van der Waals surface area (Å²) < 4.78 is 0. The van der Waals surface area contributed by atoms with Crippen molar-refractivity contribution in [2.45, 2.75) is 0 Å². The third-order valence-corrected chi connectivity index (χ3v) is 8.27. The van der Waals surface area contributed by atoms with Crippen LogP contribution in [0.5, 0.6) is 0 Å². The van der Waals surface area contributed by atoms with Crippen LogP contribution in [-0.4, -0.2) is 29.9 Å². The summed E-state index contributed by atoms with van der Waals surface area (Å²) in [6.45, 7) is 0. The number of pyridine rings is 4. The van der Waals surface area contributed by atoms with Crippen LogP contribution in [0.15, 0.2) is 171 Å². The van der Waals surface area contributed by atoms with E-state index in [4.69, 9.17) is 9.97 Å². The van der Waals surface area contributed by atoms with E-state index in [-0.39, 0.29) is 0 Å². The second-order valence-electron chi connectivity index (χ2n) is 11.4. The zero-order valence-electron chi connectivity index (χ0n) is 25.8. The molecule has 0 unspecified atom stereocenters. The maximum Gasteiger partial charge on any atom is 0.160 e. The molecule has 0 bridgehead atoms. The molecule has 0 aliphatic rings. The molecule has 0 amide bonds. The van der Waals surface area contributed by atoms with Gasteiger partial charge in [-0.25, -0.2) is 9.97 Å². The van der Waals surface area contributed by atoms with Crippen molar-refractivity contribution < 1.29 is 0 Å². The lowest BCUT2D eigenvalue weighted by molar-refractivity contribution is 1.18. The summed E-state index contributed by atoms with van der Waals surface area (Å²) in [6, 6.07) is 41.6. The SMILES string of the molecule is c1ccc(-c2nc(-c3cc(-c4ccncc4)cc(-c4ccncc4)c3)cc(-c3cc(-c4ccncc4)cc(-c4ccncc4)c3)n2)cc1. The van der Waals surface area contributed by atoms with Gasteiger partial charge in [-0.3, -0.25) is 19.9 Å². The Hall–Kier alpha value is -6.66. The van der Waals surface area contributed by atoms with Crippen molar-refractivity contribution in [3.8, 4) is 78.4 Å². The molecule has 226 valence electrons. The Labute approximate surface area is 278 Å². The molecule has 8 rings (SSSR count). The molecule has 0 radical (unpaired) electrons.